The zero-order chi connectivity index (χ0) is 19.2. The molecule has 2 aromatic carbocycles. The molecule has 0 amide bonds. The normalized spacial score (nSPS) is 10.1. The van der Waals surface area contributed by atoms with Crippen LogP contribution in [0.3, 0.4) is 0 Å². The Morgan fingerprint density at radius 2 is 1.74 bits per heavy atom. The average molecular weight is 378 g/mol. The second-order valence-corrected chi connectivity index (χ2v) is 6.23. The van der Waals surface area contributed by atoms with Crippen LogP contribution < -0.4 is 14.8 Å². The Balaban J connectivity index is 2.09. The van der Waals surface area contributed by atoms with Crippen molar-refractivity contribution < 1.29 is 9.47 Å². The molecule has 27 heavy (non-hydrogen) atoms. The summed E-state index contributed by atoms with van der Waals surface area (Å²) < 4.78 is 10.6. The van der Waals surface area contributed by atoms with Crippen molar-refractivity contribution in [3.8, 4) is 28.8 Å². The monoisotopic (exact) mass is 378 g/mol. The molecule has 0 saturated heterocycles. The van der Waals surface area contributed by atoms with E-state index in [0.29, 0.717) is 33.7 Å². The molecule has 0 aliphatic rings. The fourth-order valence-corrected chi connectivity index (χ4v) is 2.95. The lowest BCUT2D eigenvalue weighted by Gasteiger charge is -2.14. The first-order chi connectivity index (χ1) is 13.2. The van der Waals surface area contributed by atoms with Gasteiger partial charge in [-0.05, 0) is 18.4 Å². The van der Waals surface area contributed by atoms with Crippen LogP contribution in [0.4, 0.5) is 11.5 Å². The Morgan fingerprint density at radius 3 is 2.37 bits per heavy atom. The van der Waals surface area contributed by atoms with Gasteiger partial charge in [0.05, 0.1) is 19.9 Å². The predicted octanol–water partition coefficient (Wildman–Crippen LogP) is 4.50. The van der Waals surface area contributed by atoms with Crippen LogP contribution in [0.2, 0.25) is 0 Å². The number of benzene rings is 2. The lowest BCUT2D eigenvalue weighted by atomic mass is 10.1. The molecule has 3 aromatic rings. The highest BCUT2D eigenvalue weighted by Crippen LogP contribution is 2.33. The largest absolute Gasteiger partial charge is 0.493 e. The highest BCUT2D eigenvalue weighted by Gasteiger charge is 2.16. The maximum atomic E-state index is 9.76. The van der Waals surface area contributed by atoms with Gasteiger partial charge < -0.3 is 14.8 Å². The van der Waals surface area contributed by atoms with Crippen LogP contribution in [0.15, 0.2) is 53.7 Å². The number of ether oxygens (including phenoxy) is 2. The first kappa shape index (κ1) is 18.5. The predicted molar refractivity (Wildman–Crippen MR) is 107 cm³/mol. The number of aromatic nitrogens is 2. The van der Waals surface area contributed by atoms with E-state index in [1.165, 1.54) is 11.8 Å². The summed E-state index contributed by atoms with van der Waals surface area (Å²) in [6.07, 6.45) is 1.90. The molecule has 1 N–H and O–H groups in total. The lowest BCUT2D eigenvalue weighted by molar-refractivity contribution is 0.355. The SMILES string of the molecule is COc1ccc(Nc2nc(SC)nc(-c3ccccc3)c2C#N)cc1OC. The van der Waals surface area contributed by atoms with Gasteiger partial charge in [0.2, 0.25) is 0 Å². The van der Waals surface area contributed by atoms with Gasteiger partial charge in [-0.1, -0.05) is 42.1 Å². The number of rotatable bonds is 6. The number of hydrogen-bond acceptors (Lipinski definition) is 7. The Hall–Kier alpha value is -3.24. The molecule has 0 unspecified atom stereocenters. The maximum Gasteiger partial charge on any atom is 0.189 e. The molecule has 0 aliphatic heterocycles. The van der Waals surface area contributed by atoms with Gasteiger partial charge in [0.1, 0.15) is 11.6 Å². The van der Waals surface area contributed by atoms with Crippen LogP contribution in [-0.2, 0) is 0 Å². The summed E-state index contributed by atoms with van der Waals surface area (Å²) in [6.45, 7) is 0. The van der Waals surface area contributed by atoms with Gasteiger partial charge >= 0.3 is 0 Å². The van der Waals surface area contributed by atoms with Gasteiger partial charge in [0.15, 0.2) is 22.5 Å². The van der Waals surface area contributed by atoms with Gasteiger partial charge in [-0.3, -0.25) is 0 Å². The number of hydrogen-bond donors (Lipinski definition) is 1. The molecule has 7 heteroatoms. The topological polar surface area (TPSA) is 80.1 Å². The zero-order valence-electron chi connectivity index (χ0n) is 15.2. The Kier molecular flexibility index (Phi) is 5.79. The quantitative estimate of drug-likeness (QED) is 0.500. The second-order valence-electron chi connectivity index (χ2n) is 5.46. The number of methoxy groups -OCH3 is 2. The Morgan fingerprint density at radius 1 is 1.00 bits per heavy atom. The van der Waals surface area contributed by atoms with E-state index in [-0.39, 0.29) is 0 Å². The first-order valence-electron chi connectivity index (χ1n) is 8.10. The maximum absolute atomic E-state index is 9.76. The van der Waals surface area contributed by atoms with E-state index in [0.717, 1.165) is 11.3 Å². The zero-order valence-corrected chi connectivity index (χ0v) is 16.0. The summed E-state index contributed by atoms with van der Waals surface area (Å²) in [6, 6.07) is 17.3. The molecule has 136 valence electrons. The minimum Gasteiger partial charge on any atom is -0.493 e. The van der Waals surface area contributed by atoms with Crippen molar-refractivity contribution in [3.63, 3.8) is 0 Å². The van der Waals surface area contributed by atoms with Crippen LogP contribution in [0.5, 0.6) is 11.5 Å². The smallest absolute Gasteiger partial charge is 0.189 e. The molecular formula is C20H18N4O2S. The number of anilines is 2. The fraction of sp³-hybridized carbons (Fsp3) is 0.150. The summed E-state index contributed by atoms with van der Waals surface area (Å²) in [5.74, 6) is 1.66. The molecule has 0 fully saturated rings. The van der Waals surface area contributed by atoms with Crippen LogP contribution in [0.25, 0.3) is 11.3 Å². The van der Waals surface area contributed by atoms with Crippen LogP contribution in [0.1, 0.15) is 5.56 Å². The number of nitrogens with zero attached hydrogens (tertiary/aromatic N) is 3. The van der Waals surface area contributed by atoms with Gasteiger partial charge in [-0.25, -0.2) is 9.97 Å². The summed E-state index contributed by atoms with van der Waals surface area (Å²) >= 11 is 1.42. The third-order valence-electron chi connectivity index (χ3n) is 3.88. The van der Waals surface area contributed by atoms with Crippen LogP contribution in [0, 0.1) is 11.3 Å². The molecule has 0 spiro atoms. The Labute approximate surface area is 162 Å². The van der Waals surface area contributed by atoms with Crippen LogP contribution in [-0.4, -0.2) is 30.4 Å². The minimum atomic E-state index is 0.383. The third-order valence-corrected chi connectivity index (χ3v) is 4.42. The van der Waals surface area contributed by atoms with Crippen molar-refractivity contribution in [2.75, 3.05) is 25.8 Å². The fourth-order valence-electron chi connectivity index (χ4n) is 2.58. The van der Waals surface area contributed by atoms with E-state index >= 15 is 0 Å². The molecule has 0 bridgehead atoms. The van der Waals surface area contributed by atoms with E-state index in [1.807, 2.05) is 42.7 Å². The van der Waals surface area contributed by atoms with Gasteiger partial charge in [0.25, 0.3) is 0 Å². The minimum absolute atomic E-state index is 0.383. The van der Waals surface area contributed by atoms with Crippen molar-refractivity contribution in [1.82, 2.24) is 9.97 Å². The van der Waals surface area contributed by atoms with E-state index < -0.39 is 0 Å². The molecule has 1 aromatic heterocycles. The molecule has 6 nitrogen and oxygen atoms in total. The van der Waals surface area contributed by atoms with E-state index in [9.17, 15) is 5.26 Å². The standard InChI is InChI=1S/C20H18N4O2S/c1-25-16-10-9-14(11-17(16)26-2)22-19-15(12-21)18(23-20(24-19)27-3)13-7-5-4-6-8-13/h4-11H,1-3H3,(H,22,23,24). The van der Waals surface area contributed by atoms with Gasteiger partial charge in [-0.15, -0.1) is 0 Å². The van der Waals surface area contributed by atoms with Crippen molar-refractivity contribution >= 4 is 23.3 Å². The second kappa shape index (κ2) is 8.43. The molecule has 3 rings (SSSR count). The van der Waals surface area contributed by atoms with Gasteiger partial charge in [-0.2, -0.15) is 5.26 Å². The summed E-state index contributed by atoms with van der Waals surface area (Å²) in [4.78, 5) is 9.03. The summed E-state index contributed by atoms with van der Waals surface area (Å²) in [5, 5.41) is 13.6. The Bertz CT molecular complexity index is 987. The molecule has 0 saturated carbocycles. The molecule has 0 aliphatic carbocycles. The number of nitriles is 1. The van der Waals surface area contributed by atoms with Crippen molar-refractivity contribution in [3.05, 3.63) is 54.1 Å². The highest BCUT2D eigenvalue weighted by molar-refractivity contribution is 7.98. The van der Waals surface area contributed by atoms with Crippen molar-refractivity contribution in [2.45, 2.75) is 5.16 Å². The highest BCUT2D eigenvalue weighted by atomic mass is 32.2. The first-order valence-corrected chi connectivity index (χ1v) is 9.33. The summed E-state index contributed by atoms with van der Waals surface area (Å²) in [5.41, 5.74) is 2.57. The van der Waals surface area contributed by atoms with Crippen molar-refractivity contribution in [2.24, 2.45) is 0 Å². The lowest BCUT2D eigenvalue weighted by Crippen LogP contribution is -2.03. The van der Waals surface area contributed by atoms with E-state index in [2.05, 4.69) is 21.4 Å². The number of nitrogens with one attached hydrogen (secondary N) is 1. The molecule has 1 heterocycles. The van der Waals surface area contributed by atoms with Gasteiger partial charge in [0, 0.05) is 17.3 Å². The number of thioether (sulfide) groups is 1. The average Bonchev–Trinajstić information content (AvgIpc) is 2.73. The van der Waals surface area contributed by atoms with Crippen molar-refractivity contribution in [1.29, 1.82) is 5.26 Å². The van der Waals surface area contributed by atoms with E-state index in [4.69, 9.17) is 9.47 Å². The molecule has 0 atom stereocenters. The third kappa shape index (κ3) is 3.96. The van der Waals surface area contributed by atoms with E-state index in [1.54, 1.807) is 26.4 Å². The van der Waals surface area contributed by atoms with Crippen LogP contribution >= 0.6 is 11.8 Å². The summed E-state index contributed by atoms with van der Waals surface area (Å²) in [7, 11) is 3.16. The molecule has 0 radical (unpaired) electrons. The molecular weight excluding hydrogens is 360 g/mol.